The van der Waals surface area contributed by atoms with Gasteiger partial charge in [-0.1, -0.05) is 43.2 Å². The Hall–Kier alpha value is -2.43. The van der Waals surface area contributed by atoms with E-state index in [1.807, 2.05) is 12.1 Å². The number of aromatic nitrogens is 2. The Morgan fingerprint density at radius 2 is 1.74 bits per heavy atom. The molecule has 1 amide bonds. The highest BCUT2D eigenvalue weighted by Gasteiger charge is 2.32. The van der Waals surface area contributed by atoms with Crippen molar-refractivity contribution < 1.29 is 4.79 Å². The topological polar surface area (TPSA) is 58.1 Å². The van der Waals surface area contributed by atoms with E-state index in [1.165, 1.54) is 31.2 Å². The number of carbonyl (C=O) groups is 1. The first-order chi connectivity index (χ1) is 13.3. The molecule has 2 atom stereocenters. The highest BCUT2D eigenvalue weighted by atomic mass is 16.2. The van der Waals surface area contributed by atoms with Gasteiger partial charge in [0.05, 0.1) is 12.0 Å². The van der Waals surface area contributed by atoms with Gasteiger partial charge in [-0.25, -0.2) is 9.97 Å². The summed E-state index contributed by atoms with van der Waals surface area (Å²) in [7, 11) is 0. The van der Waals surface area contributed by atoms with Crippen molar-refractivity contribution in [1.29, 1.82) is 0 Å². The number of benzene rings is 1. The van der Waals surface area contributed by atoms with Crippen LogP contribution in [0.5, 0.6) is 0 Å². The van der Waals surface area contributed by atoms with E-state index in [9.17, 15) is 4.79 Å². The quantitative estimate of drug-likeness (QED) is 0.878. The Morgan fingerprint density at radius 1 is 1.00 bits per heavy atom. The molecule has 1 saturated carbocycles. The van der Waals surface area contributed by atoms with Gasteiger partial charge in [-0.15, -0.1) is 0 Å². The Balaban J connectivity index is 1.46. The number of anilines is 1. The van der Waals surface area contributed by atoms with Gasteiger partial charge in [0, 0.05) is 25.5 Å². The maximum atomic E-state index is 13.1. The molecule has 2 aliphatic rings. The van der Waals surface area contributed by atoms with Gasteiger partial charge in [0.25, 0.3) is 0 Å². The van der Waals surface area contributed by atoms with E-state index in [-0.39, 0.29) is 17.9 Å². The number of hydrogen-bond acceptors (Lipinski definition) is 4. The fraction of sp³-hybridized carbons (Fsp3) is 0.500. The zero-order chi connectivity index (χ0) is 18.5. The number of hydrogen-bond donors (Lipinski definition) is 1. The molecule has 142 valence electrons. The molecule has 27 heavy (non-hydrogen) atoms. The van der Waals surface area contributed by atoms with Crippen LogP contribution in [0.25, 0.3) is 0 Å². The third-order valence-electron chi connectivity index (χ3n) is 5.95. The predicted molar refractivity (Wildman–Crippen MR) is 106 cm³/mol. The van der Waals surface area contributed by atoms with Gasteiger partial charge in [-0.2, -0.15) is 0 Å². The van der Waals surface area contributed by atoms with Crippen molar-refractivity contribution in [3.05, 3.63) is 54.4 Å². The van der Waals surface area contributed by atoms with Crippen molar-refractivity contribution in [3.8, 4) is 0 Å². The van der Waals surface area contributed by atoms with Gasteiger partial charge in [-0.3, -0.25) is 4.79 Å². The van der Waals surface area contributed by atoms with Gasteiger partial charge < -0.3 is 10.2 Å². The maximum Gasteiger partial charge on any atom is 0.225 e. The van der Waals surface area contributed by atoms with Crippen LogP contribution >= 0.6 is 0 Å². The fourth-order valence-electron chi connectivity index (χ4n) is 4.52. The van der Waals surface area contributed by atoms with Crippen LogP contribution in [0.2, 0.25) is 0 Å². The smallest absolute Gasteiger partial charge is 0.225 e. The number of amides is 1. The van der Waals surface area contributed by atoms with Gasteiger partial charge in [-0.05, 0) is 43.2 Å². The molecule has 1 aromatic heterocycles. The lowest BCUT2D eigenvalue weighted by Gasteiger charge is -2.34. The minimum absolute atomic E-state index is 0.00447. The zero-order valence-electron chi connectivity index (χ0n) is 15.8. The molecule has 1 aliphatic carbocycles. The minimum atomic E-state index is -0.00447. The standard InChI is InChI=1S/C22H28N4O/c27-21(19-12-6-15-26(16-19)22-23-13-7-14-24-22)25-20(18-10-4-5-11-18)17-8-2-1-3-9-17/h1-3,7-9,13-14,18-20H,4-6,10-12,15-16H2,(H,25,27). The summed E-state index contributed by atoms with van der Waals surface area (Å²) in [6.07, 6.45) is 10.4. The lowest BCUT2D eigenvalue weighted by molar-refractivity contribution is -0.126. The van der Waals surface area contributed by atoms with E-state index in [0.717, 1.165) is 25.3 Å². The van der Waals surface area contributed by atoms with Crippen LogP contribution in [0, 0.1) is 11.8 Å². The molecule has 2 unspecified atom stereocenters. The Kier molecular flexibility index (Phi) is 5.66. The summed E-state index contributed by atoms with van der Waals surface area (Å²) >= 11 is 0. The normalized spacial score (nSPS) is 21.8. The van der Waals surface area contributed by atoms with Gasteiger partial charge in [0.15, 0.2) is 0 Å². The van der Waals surface area contributed by atoms with Crippen molar-refractivity contribution >= 4 is 11.9 Å². The minimum Gasteiger partial charge on any atom is -0.349 e. The second-order valence-electron chi connectivity index (χ2n) is 7.78. The monoisotopic (exact) mass is 364 g/mol. The summed E-state index contributed by atoms with van der Waals surface area (Å²) in [4.78, 5) is 24.0. The molecular weight excluding hydrogens is 336 g/mol. The summed E-state index contributed by atoms with van der Waals surface area (Å²) in [6.45, 7) is 1.61. The molecule has 2 fully saturated rings. The van der Waals surface area contributed by atoms with E-state index in [1.54, 1.807) is 12.4 Å². The lowest BCUT2D eigenvalue weighted by Crippen LogP contribution is -2.45. The third kappa shape index (κ3) is 4.29. The first-order valence-electron chi connectivity index (χ1n) is 10.2. The molecule has 5 heteroatoms. The Bertz CT molecular complexity index is 730. The Labute approximate surface area is 161 Å². The molecular formula is C22H28N4O. The number of rotatable bonds is 5. The molecule has 1 N–H and O–H groups in total. The van der Waals surface area contributed by atoms with Crippen molar-refractivity contribution in [2.24, 2.45) is 11.8 Å². The highest BCUT2D eigenvalue weighted by molar-refractivity contribution is 5.80. The summed E-state index contributed by atoms with van der Waals surface area (Å²) < 4.78 is 0. The van der Waals surface area contributed by atoms with E-state index in [0.29, 0.717) is 12.5 Å². The molecule has 0 spiro atoms. The first-order valence-corrected chi connectivity index (χ1v) is 10.2. The zero-order valence-corrected chi connectivity index (χ0v) is 15.8. The molecule has 0 radical (unpaired) electrons. The molecule has 1 saturated heterocycles. The van der Waals surface area contributed by atoms with Crippen molar-refractivity contribution in [2.45, 2.75) is 44.6 Å². The number of nitrogens with one attached hydrogen (secondary N) is 1. The Morgan fingerprint density at radius 3 is 2.48 bits per heavy atom. The molecule has 5 nitrogen and oxygen atoms in total. The van der Waals surface area contributed by atoms with E-state index < -0.39 is 0 Å². The van der Waals surface area contributed by atoms with Gasteiger partial charge >= 0.3 is 0 Å². The van der Waals surface area contributed by atoms with Crippen LogP contribution in [-0.2, 0) is 4.79 Å². The van der Waals surface area contributed by atoms with Gasteiger partial charge in [0.1, 0.15) is 0 Å². The number of carbonyl (C=O) groups excluding carboxylic acids is 1. The second-order valence-corrected chi connectivity index (χ2v) is 7.78. The van der Waals surface area contributed by atoms with E-state index in [4.69, 9.17) is 0 Å². The maximum absolute atomic E-state index is 13.1. The third-order valence-corrected chi connectivity index (χ3v) is 5.95. The van der Waals surface area contributed by atoms with E-state index in [2.05, 4.69) is 44.5 Å². The molecule has 1 aromatic carbocycles. The van der Waals surface area contributed by atoms with Crippen LogP contribution in [0.4, 0.5) is 5.95 Å². The predicted octanol–water partition coefficient (Wildman–Crippen LogP) is 3.74. The van der Waals surface area contributed by atoms with Crippen LogP contribution in [0.3, 0.4) is 0 Å². The van der Waals surface area contributed by atoms with Crippen molar-refractivity contribution in [2.75, 3.05) is 18.0 Å². The van der Waals surface area contributed by atoms with Crippen LogP contribution < -0.4 is 10.2 Å². The van der Waals surface area contributed by atoms with Crippen LogP contribution in [0.15, 0.2) is 48.8 Å². The SMILES string of the molecule is O=C(NC(c1ccccc1)C1CCCC1)C1CCCN(c2ncccn2)C1. The van der Waals surface area contributed by atoms with Crippen LogP contribution in [-0.4, -0.2) is 29.0 Å². The van der Waals surface area contributed by atoms with Crippen LogP contribution in [0.1, 0.15) is 50.1 Å². The lowest BCUT2D eigenvalue weighted by atomic mass is 9.90. The molecule has 1 aliphatic heterocycles. The molecule has 2 heterocycles. The summed E-state index contributed by atoms with van der Waals surface area (Å²) in [5, 5.41) is 3.41. The van der Waals surface area contributed by atoms with E-state index >= 15 is 0 Å². The highest BCUT2D eigenvalue weighted by Crippen LogP contribution is 2.36. The first kappa shape index (κ1) is 18.0. The average molecular weight is 364 g/mol. The number of nitrogens with zero attached hydrogens (tertiary/aromatic N) is 3. The number of piperidine rings is 1. The second kappa shape index (κ2) is 8.51. The van der Waals surface area contributed by atoms with Crippen molar-refractivity contribution in [1.82, 2.24) is 15.3 Å². The molecule has 4 rings (SSSR count). The fourth-order valence-corrected chi connectivity index (χ4v) is 4.52. The van der Waals surface area contributed by atoms with Gasteiger partial charge in [0.2, 0.25) is 11.9 Å². The average Bonchev–Trinajstić information content (AvgIpc) is 3.28. The van der Waals surface area contributed by atoms with Crippen molar-refractivity contribution in [3.63, 3.8) is 0 Å². The molecule has 2 aromatic rings. The molecule has 0 bridgehead atoms. The summed E-state index contributed by atoms with van der Waals surface area (Å²) in [6, 6.07) is 12.4. The summed E-state index contributed by atoms with van der Waals surface area (Å²) in [5.41, 5.74) is 1.23. The largest absolute Gasteiger partial charge is 0.349 e. The summed E-state index contributed by atoms with van der Waals surface area (Å²) in [5.74, 6) is 1.45.